The molecule has 1 N–H and O–H groups in total. The highest BCUT2D eigenvalue weighted by atomic mass is 35.5. The Balaban J connectivity index is 1.94. The van der Waals surface area contributed by atoms with E-state index in [1.807, 2.05) is 36.4 Å². The zero-order chi connectivity index (χ0) is 19.9. The average Bonchev–Trinajstić information content (AvgIpc) is 3.10. The van der Waals surface area contributed by atoms with Crippen LogP contribution < -0.4 is 10.7 Å². The highest BCUT2D eigenvalue weighted by molar-refractivity contribution is 6.98. The van der Waals surface area contributed by atoms with Crippen molar-refractivity contribution in [2.45, 2.75) is 19.6 Å². The van der Waals surface area contributed by atoms with Crippen LogP contribution in [0.2, 0.25) is 24.7 Å². The summed E-state index contributed by atoms with van der Waals surface area (Å²) in [7, 11) is -1.75. The van der Waals surface area contributed by atoms with E-state index in [1.165, 1.54) is 16.1 Å². The zero-order valence-corrected chi connectivity index (χ0v) is 18.0. The van der Waals surface area contributed by atoms with E-state index in [0.29, 0.717) is 5.02 Å². The highest BCUT2D eigenvalue weighted by Gasteiger charge is 2.40. The number of hydrogen-bond donors (Lipinski definition) is 1. The van der Waals surface area contributed by atoms with Gasteiger partial charge in [0.05, 0.1) is 13.8 Å². The van der Waals surface area contributed by atoms with Crippen LogP contribution in [0.15, 0.2) is 77.2 Å². The number of nitrogens with zero attached hydrogens (tertiary/aromatic N) is 1. The van der Waals surface area contributed by atoms with E-state index in [-0.39, 0.29) is 6.85 Å². The lowest BCUT2D eigenvalue weighted by molar-refractivity contribution is 0.414. The fourth-order valence-corrected chi connectivity index (χ4v) is 5.89. The van der Waals surface area contributed by atoms with Crippen molar-refractivity contribution in [3.8, 4) is 11.3 Å². The molecular formula is C22H22BClN2OSi. The Kier molecular flexibility index (Phi) is 4.81. The molecule has 0 saturated heterocycles. The van der Waals surface area contributed by atoms with E-state index in [2.05, 4.69) is 60.9 Å². The first-order valence-electron chi connectivity index (χ1n) is 9.34. The fourth-order valence-electron chi connectivity index (χ4n) is 3.80. The molecule has 0 unspecified atom stereocenters. The van der Waals surface area contributed by atoms with Crippen LogP contribution >= 0.6 is 11.6 Å². The maximum absolute atomic E-state index is 6.07. The van der Waals surface area contributed by atoms with Gasteiger partial charge in [-0.1, -0.05) is 97.0 Å². The molecule has 0 atom stereocenters. The van der Waals surface area contributed by atoms with E-state index in [1.54, 1.807) is 0 Å². The van der Waals surface area contributed by atoms with Crippen LogP contribution in [0, 0.1) is 0 Å². The predicted octanol–water partition coefficient (Wildman–Crippen LogP) is 5.68. The van der Waals surface area contributed by atoms with Gasteiger partial charge in [0, 0.05) is 10.6 Å². The van der Waals surface area contributed by atoms with Crippen molar-refractivity contribution in [2.75, 3.05) is 5.23 Å². The molecule has 1 aliphatic heterocycles. The monoisotopic (exact) mass is 404 g/mol. The molecule has 0 bridgehead atoms. The fraction of sp³-hybridized carbons (Fsp3) is 0.136. The number of rotatable bonds is 4. The van der Waals surface area contributed by atoms with Gasteiger partial charge in [-0.3, -0.25) is 0 Å². The SMILES string of the molecule is C=CC1=C([Si](C)(C)C)c2onc(-c3ccc(Cl)cc3)c2NB1c1ccccc1. The summed E-state index contributed by atoms with van der Waals surface area (Å²) >= 11 is 6.07. The van der Waals surface area contributed by atoms with Crippen molar-refractivity contribution < 1.29 is 4.52 Å². The third-order valence-corrected chi connectivity index (χ3v) is 7.30. The first-order chi connectivity index (χ1) is 13.4. The van der Waals surface area contributed by atoms with Crippen molar-refractivity contribution in [3.63, 3.8) is 0 Å². The molecule has 0 amide bonds. The molecule has 6 heteroatoms. The number of benzene rings is 2. The lowest BCUT2D eigenvalue weighted by Gasteiger charge is -2.31. The van der Waals surface area contributed by atoms with Gasteiger partial charge in [0.25, 0.3) is 0 Å². The summed E-state index contributed by atoms with van der Waals surface area (Å²) in [4.78, 5) is 0. The Morgan fingerprint density at radius 2 is 1.75 bits per heavy atom. The smallest absolute Gasteiger partial charge is 0.321 e. The molecule has 28 heavy (non-hydrogen) atoms. The van der Waals surface area contributed by atoms with Crippen LogP contribution in [0.1, 0.15) is 5.76 Å². The molecule has 2 heterocycles. The molecule has 0 saturated carbocycles. The third-order valence-electron chi connectivity index (χ3n) is 5.03. The summed E-state index contributed by atoms with van der Waals surface area (Å²) < 4.78 is 5.91. The number of fused-ring (bicyclic) bond motifs is 1. The number of nitrogens with one attached hydrogen (secondary N) is 1. The summed E-state index contributed by atoms with van der Waals surface area (Å²) in [6.45, 7) is 11.1. The van der Waals surface area contributed by atoms with Gasteiger partial charge in [-0.2, -0.15) is 0 Å². The van der Waals surface area contributed by atoms with Crippen LogP contribution in [-0.2, 0) is 0 Å². The van der Waals surface area contributed by atoms with Crippen molar-refractivity contribution in [3.05, 3.63) is 83.5 Å². The van der Waals surface area contributed by atoms with E-state index < -0.39 is 8.07 Å². The summed E-state index contributed by atoms with van der Waals surface area (Å²) in [5, 5.41) is 10.1. The quantitative estimate of drug-likeness (QED) is 0.569. The van der Waals surface area contributed by atoms with Crippen LogP contribution in [0.5, 0.6) is 0 Å². The van der Waals surface area contributed by atoms with Gasteiger partial charge in [-0.15, -0.1) is 0 Å². The van der Waals surface area contributed by atoms with Crippen LogP contribution in [0.25, 0.3) is 16.5 Å². The van der Waals surface area contributed by atoms with E-state index >= 15 is 0 Å². The van der Waals surface area contributed by atoms with Crippen LogP contribution in [0.3, 0.4) is 0 Å². The summed E-state index contributed by atoms with van der Waals surface area (Å²) in [6.07, 6.45) is 1.96. The molecule has 2 aromatic carbocycles. The Bertz CT molecular complexity index is 1050. The molecule has 1 aromatic heterocycles. The summed E-state index contributed by atoms with van der Waals surface area (Å²) in [5.41, 5.74) is 5.11. The Morgan fingerprint density at radius 1 is 1.07 bits per heavy atom. The molecular weight excluding hydrogens is 383 g/mol. The molecule has 0 fully saturated rings. The lowest BCUT2D eigenvalue weighted by Crippen LogP contribution is -2.45. The molecule has 3 aromatic rings. The van der Waals surface area contributed by atoms with Crippen molar-refractivity contribution in [2.24, 2.45) is 0 Å². The molecule has 1 aliphatic rings. The lowest BCUT2D eigenvalue weighted by atomic mass is 9.48. The number of allylic oxidation sites excluding steroid dienone is 2. The minimum Gasteiger partial charge on any atom is -0.415 e. The number of anilines is 1. The van der Waals surface area contributed by atoms with E-state index in [4.69, 9.17) is 16.1 Å². The van der Waals surface area contributed by atoms with Gasteiger partial charge in [-0.05, 0) is 22.8 Å². The maximum Gasteiger partial charge on any atom is 0.321 e. The van der Waals surface area contributed by atoms with Crippen LogP contribution in [0.4, 0.5) is 5.69 Å². The van der Waals surface area contributed by atoms with Gasteiger partial charge in [0.15, 0.2) is 5.76 Å². The second-order valence-corrected chi connectivity index (χ2v) is 13.5. The largest absolute Gasteiger partial charge is 0.415 e. The summed E-state index contributed by atoms with van der Waals surface area (Å²) in [5.74, 6) is 0.839. The molecule has 0 aliphatic carbocycles. The number of halogens is 1. The van der Waals surface area contributed by atoms with Gasteiger partial charge in [0.2, 0.25) is 0 Å². The van der Waals surface area contributed by atoms with E-state index in [9.17, 15) is 0 Å². The second kappa shape index (κ2) is 7.15. The molecule has 3 nitrogen and oxygen atoms in total. The Labute approximate surface area is 172 Å². The maximum atomic E-state index is 6.07. The molecule has 140 valence electrons. The first-order valence-corrected chi connectivity index (χ1v) is 13.2. The predicted molar refractivity (Wildman–Crippen MR) is 123 cm³/mol. The second-order valence-electron chi connectivity index (χ2n) is 8.01. The Hall–Kier alpha value is -2.50. The topological polar surface area (TPSA) is 38.1 Å². The third kappa shape index (κ3) is 3.25. The Morgan fingerprint density at radius 3 is 2.36 bits per heavy atom. The van der Waals surface area contributed by atoms with Gasteiger partial charge in [-0.25, -0.2) is 0 Å². The zero-order valence-electron chi connectivity index (χ0n) is 16.3. The standard InChI is InChI=1S/C22H22BClN2OSi/c1-5-18-22(28(2,3)4)21-20(25-23(18)16-9-7-6-8-10-16)19(26-27-21)15-11-13-17(24)14-12-15/h5-14,25H,1H2,2-4H3. The van der Waals surface area contributed by atoms with Gasteiger partial charge < -0.3 is 9.75 Å². The first kappa shape index (κ1) is 18.8. The minimum absolute atomic E-state index is 0.0124. The van der Waals surface area contributed by atoms with Gasteiger partial charge in [0.1, 0.15) is 5.69 Å². The molecule has 0 spiro atoms. The van der Waals surface area contributed by atoms with Crippen LogP contribution in [-0.4, -0.2) is 20.1 Å². The van der Waals surface area contributed by atoms with E-state index in [0.717, 1.165) is 22.7 Å². The summed E-state index contributed by atoms with van der Waals surface area (Å²) in [6, 6.07) is 18.1. The minimum atomic E-state index is -1.75. The van der Waals surface area contributed by atoms with Crippen molar-refractivity contribution in [1.29, 1.82) is 0 Å². The average molecular weight is 405 g/mol. The molecule has 4 rings (SSSR count). The molecule has 0 radical (unpaired) electrons. The number of hydrogen-bond acceptors (Lipinski definition) is 3. The number of aromatic nitrogens is 1. The van der Waals surface area contributed by atoms with Crippen molar-refractivity contribution in [1.82, 2.24) is 5.16 Å². The highest BCUT2D eigenvalue weighted by Crippen LogP contribution is 2.43. The van der Waals surface area contributed by atoms with Crippen molar-refractivity contribution >= 4 is 42.9 Å². The van der Waals surface area contributed by atoms with Gasteiger partial charge >= 0.3 is 6.85 Å². The normalized spacial score (nSPS) is 13.9.